The highest BCUT2D eigenvalue weighted by molar-refractivity contribution is 5.64. The van der Waals surface area contributed by atoms with Gasteiger partial charge >= 0.3 is 0 Å². The number of hydrogen-bond acceptors (Lipinski definition) is 5. The van der Waals surface area contributed by atoms with E-state index in [0.717, 1.165) is 22.7 Å². The zero-order chi connectivity index (χ0) is 18.4. The highest BCUT2D eigenvalue weighted by atomic mass is 19.1. The summed E-state index contributed by atoms with van der Waals surface area (Å²) in [4.78, 5) is 8.90. The molecule has 2 aromatic carbocycles. The number of para-hydroxylation sites is 2. The van der Waals surface area contributed by atoms with Gasteiger partial charge in [0.05, 0.1) is 12.3 Å². The first-order valence-corrected chi connectivity index (χ1v) is 8.47. The number of hydrogen-bond donors (Lipinski definition) is 2. The first-order chi connectivity index (χ1) is 12.6. The SMILES string of the molecule is CCOc1ccccc1Nc1cc(C)nc(NCc2ccc(F)cc2)n1. The second-order valence-corrected chi connectivity index (χ2v) is 5.75. The van der Waals surface area contributed by atoms with Crippen LogP contribution in [-0.4, -0.2) is 16.6 Å². The molecule has 0 bridgehead atoms. The summed E-state index contributed by atoms with van der Waals surface area (Å²) in [5.41, 5.74) is 2.63. The number of anilines is 3. The van der Waals surface area contributed by atoms with Crippen LogP contribution in [0.4, 0.5) is 21.8 Å². The molecule has 0 atom stereocenters. The summed E-state index contributed by atoms with van der Waals surface area (Å²) in [6.45, 7) is 4.96. The molecule has 26 heavy (non-hydrogen) atoms. The molecule has 0 saturated heterocycles. The van der Waals surface area contributed by atoms with Crippen molar-refractivity contribution in [2.24, 2.45) is 0 Å². The molecule has 0 aliphatic carbocycles. The largest absolute Gasteiger partial charge is 0.492 e. The number of rotatable bonds is 7. The fraction of sp³-hybridized carbons (Fsp3) is 0.200. The van der Waals surface area contributed by atoms with Crippen molar-refractivity contribution in [2.75, 3.05) is 17.2 Å². The topological polar surface area (TPSA) is 59.1 Å². The van der Waals surface area contributed by atoms with Gasteiger partial charge < -0.3 is 15.4 Å². The maximum Gasteiger partial charge on any atom is 0.225 e. The average Bonchev–Trinajstić information content (AvgIpc) is 2.63. The lowest BCUT2D eigenvalue weighted by atomic mass is 10.2. The number of ether oxygens (including phenoxy) is 1. The van der Waals surface area contributed by atoms with Gasteiger partial charge in [-0.1, -0.05) is 24.3 Å². The van der Waals surface area contributed by atoms with Crippen LogP contribution in [0.3, 0.4) is 0 Å². The molecule has 134 valence electrons. The van der Waals surface area contributed by atoms with Crippen molar-refractivity contribution in [1.82, 2.24) is 9.97 Å². The van der Waals surface area contributed by atoms with Crippen LogP contribution >= 0.6 is 0 Å². The lowest BCUT2D eigenvalue weighted by molar-refractivity contribution is 0.342. The third-order valence-corrected chi connectivity index (χ3v) is 3.67. The second-order valence-electron chi connectivity index (χ2n) is 5.75. The molecular formula is C20H21FN4O. The van der Waals surface area contributed by atoms with Crippen molar-refractivity contribution in [1.29, 1.82) is 0 Å². The van der Waals surface area contributed by atoms with Crippen molar-refractivity contribution in [3.63, 3.8) is 0 Å². The number of nitrogens with one attached hydrogen (secondary N) is 2. The molecule has 6 heteroatoms. The predicted molar refractivity (Wildman–Crippen MR) is 101 cm³/mol. The highest BCUT2D eigenvalue weighted by Crippen LogP contribution is 2.27. The Hall–Kier alpha value is -3.15. The molecule has 0 amide bonds. The molecule has 0 spiro atoms. The van der Waals surface area contributed by atoms with Crippen LogP contribution in [0.1, 0.15) is 18.2 Å². The molecule has 1 heterocycles. The van der Waals surface area contributed by atoms with Gasteiger partial charge in [-0.25, -0.2) is 9.37 Å². The summed E-state index contributed by atoms with van der Waals surface area (Å²) < 4.78 is 18.6. The number of nitrogens with zero attached hydrogens (tertiary/aromatic N) is 2. The van der Waals surface area contributed by atoms with E-state index >= 15 is 0 Å². The van der Waals surface area contributed by atoms with Crippen molar-refractivity contribution in [3.05, 3.63) is 71.7 Å². The molecule has 0 unspecified atom stereocenters. The predicted octanol–water partition coefficient (Wildman–Crippen LogP) is 4.68. The summed E-state index contributed by atoms with van der Waals surface area (Å²) in [6, 6.07) is 15.9. The van der Waals surface area contributed by atoms with Crippen molar-refractivity contribution in [3.8, 4) is 5.75 Å². The lowest BCUT2D eigenvalue weighted by Gasteiger charge is -2.13. The summed E-state index contributed by atoms with van der Waals surface area (Å²) >= 11 is 0. The van der Waals surface area contributed by atoms with E-state index in [2.05, 4.69) is 20.6 Å². The van der Waals surface area contributed by atoms with E-state index in [0.29, 0.717) is 24.9 Å². The van der Waals surface area contributed by atoms with Gasteiger partial charge in [0.25, 0.3) is 0 Å². The van der Waals surface area contributed by atoms with E-state index < -0.39 is 0 Å². The molecule has 0 fully saturated rings. The molecule has 5 nitrogen and oxygen atoms in total. The Morgan fingerprint density at radius 3 is 2.58 bits per heavy atom. The highest BCUT2D eigenvalue weighted by Gasteiger charge is 2.07. The third-order valence-electron chi connectivity index (χ3n) is 3.67. The van der Waals surface area contributed by atoms with Crippen LogP contribution < -0.4 is 15.4 Å². The van der Waals surface area contributed by atoms with Gasteiger partial charge in [0, 0.05) is 18.3 Å². The number of aromatic nitrogens is 2. The molecule has 0 aliphatic rings. The van der Waals surface area contributed by atoms with E-state index in [1.165, 1.54) is 12.1 Å². The molecule has 3 rings (SSSR count). The van der Waals surface area contributed by atoms with Crippen LogP contribution in [0.2, 0.25) is 0 Å². The normalized spacial score (nSPS) is 10.4. The zero-order valence-corrected chi connectivity index (χ0v) is 14.8. The van der Waals surface area contributed by atoms with Crippen LogP contribution in [0.5, 0.6) is 5.75 Å². The van der Waals surface area contributed by atoms with Crippen molar-refractivity contribution < 1.29 is 9.13 Å². The van der Waals surface area contributed by atoms with E-state index in [4.69, 9.17) is 4.74 Å². The van der Waals surface area contributed by atoms with Gasteiger partial charge in [0.15, 0.2) is 0 Å². The minimum atomic E-state index is -0.250. The van der Waals surface area contributed by atoms with Crippen molar-refractivity contribution in [2.45, 2.75) is 20.4 Å². The zero-order valence-electron chi connectivity index (χ0n) is 14.8. The Labute approximate surface area is 152 Å². The molecule has 0 aliphatic heterocycles. The van der Waals surface area contributed by atoms with Crippen molar-refractivity contribution >= 4 is 17.5 Å². The van der Waals surface area contributed by atoms with Gasteiger partial charge in [-0.2, -0.15) is 4.98 Å². The van der Waals surface area contributed by atoms with Gasteiger partial charge in [-0.05, 0) is 43.7 Å². The maximum absolute atomic E-state index is 13.0. The maximum atomic E-state index is 13.0. The first kappa shape index (κ1) is 17.7. The summed E-state index contributed by atoms with van der Waals surface area (Å²) in [5.74, 6) is 1.70. The van der Waals surface area contributed by atoms with Crippen LogP contribution in [0, 0.1) is 12.7 Å². The summed E-state index contributed by atoms with van der Waals surface area (Å²) in [5, 5.41) is 6.45. The quantitative estimate of drug-likeness (QED) is 0.647. The molecular weight excluding hydrogens is 331 g/mol. The summed E-state index contributed by atoms with van der Waals surface area (Å²) in [7, 11) is 0. The van der Waals surface area contributed by atoms with E-state index in [9.17, 15) is 4.39 Å². The smallest absolute Gasteiger partial charge is 0.225 e. The minimum absolute atomic E-state index is 0.250. The Balaban J connectivity index is 1.74. The van der Waals surface area contributed by atoms with Gasteiger partial charge in [-0.3, -0.25) is 0 Å². The number of halogens is 1. The minimum Gasteiger partial charge on any atom is -0.492 e. The Morgan fingerprint density at radius 2 is 1.81 bits per heavy atom. The molecule has 0 saturated carbocycles. The Morgan fingerprint density at radius 1 is 1.04 bits per heavy atom. The fourth-order valence-electron chi connectivity index (χ4n) is 2.48. The van der Waals surface area contributed by atoms with Crippen LogP contribution in [0.15, 0.2) is 54.6 Å². The van der Waals surface area contributed by atoms with E-state index in [-0.39, 0.29) is 5.82 Å². The van der Waals surface area contributed by atoms with Gasteiger partial charge in [0.1, 0.15) is 17.4 Å². The Bertz CT molecular complexity index is 868. The summed E-state index contributed by atoms with van der Waals surface area (Å²) in [6.07, 6.45) is 0. The number of aryl methyl sites for hydroxylation is 1. The molecule has 0 radical (unpaired) electrons. The lowest BCUT2D eigenvalue weighted by Crippen LogP contribution is -2.07. The first-order valence-electron chi connectivity index (χ1n) is 8.47. The van der Waals surface area contributed by atoms with Gasteiger partial charge in [0.2, 0.25) is 5.95 Å². The van der Waals surface area contributed by atoms with E-state index in [1.807, 2.05) is 44.2 Å². The molecule has 2 N–H and O–H groups in total. The molecule has 3 aromatic rings. The molecule has 1 aromatic heterocycles. The third kappa shape index (κ3) is 4.69. The second kappa shape index (κ2) is 8.29. The Kier molecular flexibility index (Phi) is 5.63. The fourth-order valence-corrected chi connectivity index (χ4v) is 2.48. The van der Waals surface area contributed by atoms with Crippen LogP contribution in [0.25, 0.3) is 0 Å². The number of benzene rings is 2. The standard InChI is InChI=1S/C20H21FN4O/c1-3-26-18-7-5-4-6-17(18)24-19-12-14(2)23-20(25-19)22-13-15-8-10-16(21)11-9-15/h4-12H,3,13H2,1-2H3,(H2,22,23,24,25). The monoisotopic (exact) mass is 352 g/mol. The average molecular weight is 352 g/mol. The van der Waals surface area contributed by atoms with Gasteiger partial charge in [-0.15, -0.1) is 0 Å². The van der Waals surface area contributed by atoms with Crippen LogP contribution in [-0.2, 0) is 6.54 Å². The van der Waals surface area contributed by atoms with E-state index in [1.54, 1.807) is 12.1 Å².